The Bertz CT molecular complexity index is 647. The van der Waals surface area contributed by atoms with E-state index in [1.54, 1.807) is 30.3 Å². The van der Waals surface area contributed by atoms with E-state index < -0.39 is 0 Å². The van der Waals surface area contributed by atoms with Crippen LogP contribution in [0, 0.1) is 0 Å². The molecule has 2 aromatic carbocycles. The van der Waals surface area contributed by atoms with E-state index in [4.69, 9.17) is 17.3 Å². The first kappa shape index (κ1) is 13.7. The highest BCUT2D eigenvalue weighted by molar-refractivity contribution is 9.10. The second-order valence-corrected chi connectivity index (χ2v) is 5.14. The molecule has 0 aliphatic carbocycles. The molecule has 4 nitrogen and oxygen atoms in total. The monoisotopic (exact) mass is 340 g/mol. The highest BCUT2D eigenvalue weighted by Crippen LogP contribution is 2.26. The van der Waals surface area contributed by atoms with Crippen LogP contribution in [0.5, 0.6) is 5.75 Å². The molecule has 0 saturated heterocycles. The molecular weight excluding hydrogens is 332 g/mol. The SMILES string of the molecule is Nc1cc(Cl)ccc1NC(=O)c1ccc(Br)c(O)c1. The minimum absolute atomic E-state index is 0.00303. The van der Waals surface area contributed by atoms with Crippen LogP contribution in [0.25, 0.3) is 0 Å². The van der Waals surface area contributed by atoms with Gasteiger partial charge in [-0.15, -0.1) is 0 Å². The summed E-state index contributed by atoms with van der Waals surface area (Å²) in [6.45, 7) is 0. The van der Waals surface area contributed by atoms with Crippen molar-refractivity contribution in [1.29, 1.82) is 0 Å². The predicted octanol–water partition coefficient (Wildman–Crippen LogP) is 3.64. The van der Waals surface area contributed by atoms with Gasteiger partial charge in [0.1, 0.15) is 5.75 Å². The van der Waals surface area contributed by atoms with Gasteiger partial charge < -0.3 is 16.2 Å². The lowest BCUT2D eigenvalue weighted by molar-refractivity contribution is 0.102. The number of amides is 1. The van der Waals surface area contributed by atoms with Crippen LogP contribution in [0.2, 0.25) is 5.02 Å². The van der Waals surface area contributed by atoms with Crippen molar-refractivity contribution in [2.75, 3.05) is 11.1 Å². The number of rotatable bonds is 2. The Hall–Kier alpha value is -1.72. The number of carbonyl (C=O) groups is 1. The first-order chi connectivity index (χ1) is 8.97. The smallest absolute Gasteiger partial charge is 0.255 e. The first-order valence-electron chi connectivity index (χ1n) is 5.32. The molecule has 0 aliphatic rings. The Balaban J connectivity index is 2.23. The van der Waals surface area contributed by atoms with Crippen LogP contribution < -0.4 is 11.1 Å². The predicted molar refractivity (Wildman–Crippen MR) is 79.6 cm³/mol. The molecule has 0 radical (unpaired) electrons. The molecule has 0 unspecified atom stereocenters. The van der Waals surface area contributed by atoms with Gasteiger partial charge in [-0.3, -0.25) is 4.79 Å². The lowest BCUT2D eigenvalue weighted by Gasteiger charge is -2.09. The molecule has 0 heterocycles. The van der Waals surface area contributed by atoms with E-state index in [1.165, 1.54) is 6.07 Å². The Morgan fingerprint density at radius 3 is 2.63 bits per heavy atom. The molecule has 0 saturated carbocycles. The molecule has 98 valence electrons. The molecule has 2 aromatic rings. The van der Waals surface area contributed by atoms with Gasteiger partial charge in [-0.2, -0.15) is 0 Å². The van der Waals surface area contributed by atoms with Gasteiger partial charge in [-0.05, 0) is 52.3 Å². The highest BCUT2D eigenvalue weighted by Gasteiger charge is 2.10. The van der Waals surface area contributed by atoms with Gasteiger partial charge in [0.25, 0.3) is 5.91 Å². The molecule has 0 fully saturated rings. The number of halogens is 2. The number of nitrogens with one attached hydrogen (secondary N) is 1. The number of hydrogen-bond donors (Lipinski definition) is 3. The molecule has 1 amide bonds. The van der Waals surface area contributed by atoms with Crippen molar-refractivity contribution in [2.45, 2.75) is 0 Å². The zero-order valence-electron chi connectivity index (χ0n) is 9.65. The summed E-state index contributed by atoms with van der Waals surface area (Å²) in [7, 11) is 0. The summed E-state index contributed by atoms with van der Waals surface area (Å²) in [5.74, 6) is -0.367. The van der Waals surface area contributed by atoms with Gasteiger partial charge in [0.2, 0.25) is 0 Å². The van der Waals surface area contributed by atoms with Crippen LogP contribution in [-0.2, 0) is 0 Å². The third-order valence-electron chi connectivity index (χ3n) is 2.47. The largest absolute Gasteiger partial charge is 0.507 e. The number of anilines is 2. The third-order valence-corrected chi connectivity index (χ3v) is 3.38. The van der Waals surface area contributed by atoms with E-state index in [0.29, 0.717) is 26.4 Å². The van der Waals surface area contributed by atoms with Crippen LogP contribution in [-0.4, -0.2) is 11.0 Å². The summed E-state index contributed by atoms with van der Waals surface area (Å²) in [5, 5.41) is 12.7. The summed E-state index contributed by atoms with van der Waals surface area (Å²) in [6.07, 6.45) is 0. The van der Waals surface area contributed by atoms with E-state index in [1.807, 2.05) is 0 Å². The van der Waals surface area contributed by atoms with Crippen LogP contribution in [0.15, 0.2) is 40.9 Å². The van der Waals surface area contributed by atoms with E-state index in [-0.39, 0.29) is 11.7 Å². The quantitative estimate of drug-likeness (QED) is 0.730. The summed E-state index contributed by atoms with van der Waals surface area (Å²) in [6, 6.07) is 9.35. The zero-order chi connectivity index (χ0) is 14.0. The Morgan fingerprint density at radius 1 is 1.26 bits per heavy atom. The van der Waals surface area contributed by atoms with Crippen molar-refractivity contribution in [3.8, 4) is 5.75 Å². The second kappa shape index (κ2) is 5.50. The first-order valence-corrected chi connectivity index (χ1v) is 6.49. The van der Waals surface area contributed by atoms with Gasteiger partial charge >= 0.3 is 0 Å². The summed E-state index contributed by atoms with van der Waals surface area (Å²) < 4.78 is 0.523. The Morgan fingerprint density at radius 2 is 2.00 bits per heavy atom. The fourth-order valence-corrected chi connectivity index (χ4v) is 1.92. The van der Waals surface area contributed by atoms with Crippen LogP contribution in [0.3, 0.4) is 0 Å². The van der Waals surface area contributed by atoms with Crippen molar-refractivity contribution >= 4 is 44.8 Å². The topological polar surface area (TPSA) is 75.3 Å². The number of phenolic OH excluding ortho intramolecular Hbond substituents is 1. The molecule has 0 aliphatic heterocycles. The summed E-state index contributed by atoms with van der Waals surface area (Å²) in [5.41, 5.74) is 6.92. The molecule has 0 atom stereocenters. The normalized spacial score (nSPS) is 10.2. The average molecular weight is 342 g/mol. The lowest BCUT2D eigenvalue weighted by atomic mass is 10.2. The standard InChI is InChI=1S/C13H10BrClN2O2/c14-9-3-1-7(5-12(9)18)13(19)17-11-4-2-8(15)6-10(11)16/h1-6,18H,16H2,(H,17,19). The molecule has 0 aromatic heterocycles. The number of nitrogens with two attached hydrogens (primary N) is 1. The number of carbonyl (C=O) groups excluding carboxylic acids is 1. The molecule has 0 bridgehead atoms. The maximum atomic E-state index is 12.0. The van der Waals surface area contributed by atoms with Crippen molar-refractivity contribution in [1.82, 2.24) is 0 Å². The summed E-state index contributed by atoms with van der Waals surface area (Å²) in [4.78, 5) is 12.0. The number of aromatic hydroxyl groups is 1. The van der Waals surface area contributed by atoms with Gasteiger partial charge in [-0.25, -0.2) is 0 Å². The van der Waals surface area contributed by atoms with Crippen LogP contribution in [0.1, 0.15) is 10.4 Å². The van der Waals surface area contributed by atoms with E-state index in [0.717, 1.165) is 0 Å². The molecule has 6 heteroatoms. The van der Waals surface area contributed by atoms with E-state index >= 15 is 0 Å². The summed E-state index contributed by atoms with van der Waals surface area (Å²) >= 11 is 8.93. The van der Waals surface area contributed by atoms with Gasteiger partial charge in [0, 0.05) is 10.6 Å². The Labute approximate surface area is 123 Å². The molecule has 4 N–H and O–H groups in total. The Kier molecular flexibility index (Phi) is 3.97. The van der Waals surface area contributed by atoms with Crippen LogP contribution >= 0.6 is 27.5 Å². The lowest BCUT2D eigenvalue weighted by Crippen LogP contribution is -2.13. The van der Waals surface area contributed by atoms with Crippen molar-refractivity contribution in [3.63, 3.8) is 0 Å². The molecule has 0 spiro atoms. The number of hydrogen-bond acceptors (Lipinski definition) is 3. The highest BCUT2D eigenvalue weighted by atomic mass is 79.9. The number of nitrogen functional groups attached to an aromatic ring is 1. The fraction of sp³-hybridized carbons (Fsp3) is 0. The third kappa shape index (κ3) is 3.19. The number of phenols is 1. The maximum Gasteiger partial charge on any atom is 0.255 e. The minimum Gasteiger partial charge on any atom is -0.507 e. The van der Waals surface area contributed by atoms with Gasteiger partial charge in [-0.1, -0.05) is 11.6 Å². The van der Waals surface area contributed by atoms with Crippen molar-refractivity contribution < 1.29 is 9.90 Å². The number of benzene rings is 2. The average Bonchev–Trinajstić information content (AvgIpc) is 2.36. The molecular formula is C13H10BrClN2O2. The van der Waals surface area contributed by atoms with Crippen molar-refractivity contribution in [3.05, 3.63) is 51.5 Å². The van der Waals surface area contributed by atoms with E-state index in [9.17, 15) is 9.90 Å². The second-order valence-electron chi connectivity index (χ2n) is 3.85. The van der Waals surface area contributed by atoms with Crippen molar-refractivity contribution in [2.24, 2.45) is 0 Å². The molecule has 19 heavy (non-hydrogen) atoms. The maximum absolute atomic E-state index is 12.0. The zero-order valence-corrected chi connectivity index (χ0v) is 12.0. The van der Waals surface area contributed by atoms with Gasteiger partial charge in [0.15, 0.2) is 0 Å². The molecule has 2 rings (SSSR count). The van der Waals surface area contributed by atoms with Gasteiger partial charge in [0.05, 0.1) is 15.8 Å². The van der Waals surface area contributed by atoms with E-state index in [2.05, 4.69) is 21.2 Å². The fourth-order valence-electron chi connectivity index (χ4n) is 1.50. The van der Waals surface area contributed by atoms with Crippen LogP contribution in [0.4, 0.5) is 11.4 Å². The minimum atomic E-state index is -0.364.